The zero-order valence-corrected chi connectivity index (χ0v) is 11.2. The molecular formula is C15H17N3O. The van der Waals surface area contributed by atoms with Crippen LogP contribution >= 0.6 is 0 Å². The molecule has 0 saturated heterocycles. The second-order valence-corrected chi connectivity index (χ2v) is 4.76. The maximum Gasteiger partial charge on any atom is 0.143 e. The molecule has 3 rings (SSSR count). The van der Waals surface area contributed by atoms with E-state index in [0.717, 1.165) is 34.6 Å². The van der Waals surface area contributed by atoms with Crippen LogP contribution in [0.4, 0.5) is 0 Å². The van der Waals surface area contributed by atoms with Crippen LogP contribution in [0, 0.1) is 13.8 Å². The Labute approximate surface area is 111 Å². The Kier molecular flexibility index (Phi) is 2.87. The molecule has 0 fully saturated rings. The van der Waals surface area contributed by atoms with Crippen LogP contribution in [0.15, 0.2) is 28.8 Å². The van der Waals surface area contributed by atoms with Crippen molar-refractivity contribution in [2.45, 2.75) is 20.3 Å². The number of fused-ring (bicyclic) bond motifs is 1. The Hall–Kier alpha value is -2.07. The lowest BCUT2D eigenvalue weighted by molar-refractivity contribution is 0.393. The summed E-state index contributed by atoms with van der Waals surface area (Å²) in [5.41, 5.74) is 11.2. The van der Waals surface area contributed by atoms with Gasteiger partial charge in [-0.2, -0.15) is 0 Å². The summed E-state index contributed by atoms with van der Waals surface area (Å²) in [6.07, 6.45) is 0.837. The first-order valence-electron chi connectivity index (χ1n) is 6.45. The van der Waals surface area contributed by atoms with E-state index < -0.39 is 0 Å². The van der Waals surface area contributed by atoms with Gasteiger partial charge < -0.3 is 15.2 Å². The van der Waals surface area contributed by atoms with Gasteiger partial charge in [-0.05, 0) is 38.4 Å². The smallest absolute Gasteiger partial charge is 0.143 e. The zero-order chi connectivity index (χ0) is 13.4. The van der Waals surface area contributed by atoms with Crippen molar-refractivity contribution in [2.24, 2.45) is 5.73 Å². The molecule has 1 aromatic carbocycles. The van der Waals surface area contributed by atoms with E-state index in [1.54, 1.807) is 0 Å². The number of para-hydroxylation sites is 1. The van der Waals surface area contributed by atoms with Crippen LogP contribution in [-0.2, 0) is 6.42 Å². The second-order valence-electron chi connectivity index (χ2n) is 4.76. The Morgan fingerprint density at radius 2 is 2.05 bits per heavy atom. The summed E-state index contributed by atoms with van der Waals surface area (Å²) in [6, 6.07) is 8.28. The maximum atomic E-state index is 5.76. The molecule has 2 aromatic heterocycles. The molecule has 0 aliphatic rings. The van der Waals surface area contributed by atoms with E-state index in [2.05, 4.69) is 22.3 Å². The molecule has 0 bridgehead atoms. The van der Waals surface area contributed by atoms with Crippen LogP contribution in [0.5, 0.6) is 0 Å². The molecule has 2 heterocycles. The minimum Gasteiger partial charge on any atom is -0.361 e. The number of nitrogens with two attached hydrogens (primary N) is 1. The number of aryl methyl sites for hydroxylation is 2. The summed E-state index contributed by atoms with van der Waals surface area (Å²) in [5.74, 6) is 0.835. The third kappa shape index (κ3) is 1.85. The molecule has 98 valence electrons. The Morgan fingerprint density at radius 1 is 1.26 bits per heavy atom. The molecule has 0 spiro atoms. The van der Waals surface area contributed by atoms with Gasteiger partial charge in [-0.1, -0.05) is 23.4 Å². The molecule has 3 N–H and O–H groups in total. The monoisotopic (exact) mass is 255 g/mol. The number of nitrogens with zero attached hydrogens (tertiary/aromatic N) is 1. The van der Waals surface area contributed by atoms with Crippen LogP contribution in [0.1, 0.15) is 17.0 Å². The van der Waals surface area contributed by atoms with Crippen molar-refractivity contribution in [3.8, 4) is 11.3 Å². The average Bonchev–Trinajstić information content (AvgIpc) is 2.92. The highest BCUT2D eigenvalue weighted by Gasteiger charge is 2.18. The van der Waals surface area contributed by atoms with Gasteiger partial charge in [0.2, 0.25) is 0 Å². The first-order valence-corrected chi connectivity index (χ1v) is 6.45. The Morgan fingerprint density at radius 3 is 2.74 bits per heavy atom. The number of hydrogen-bond donors (Lipinski definition) is 2. The summed E-state index contributed by atoms with van der Waals surface area (Å²) in [5, 5.41) is 5.26. The Bertz CT molecular complexity index is 705. The van der Waals surface area contributed by atoms with E-state index in [0.29, 0.717) is 6.54 Å². The second kappa shape index (κ2) is 4.55. The lowest BCUT2D eigenvalue weighted by atomic mass is 10.0. The third-order valence-corrected chi connectivity index (χ3v) is 3.49. The van der Waals surface area contributed by atoms with Gasteiger partial charge in [0.15, 0.2) is 0 Å². The number of benzene rings is 1. The van der Waals surface area contributed by atoms with Gasteiger partial charge in [0.25, 0.3) is 0 Å². The normalized spacial score (nSPS) is 11.3. The quantitative estimate of drug-likeness (QED) is 0.756. The molecule has 0 amide bonds. The topological polar surface area (TPSA) is 67.8 Å². The summed E-state index contributed by atoms with van der Waals surface area (Å²) in [6.45, 7) is 4.52. The van der Waals surface area contributed by atoms with Crippen molar-refractivity contribution in [1.82, 2.24) is 10.1 Å². The highest BCUT2D eigenvalue weighted by molar-refractivity contribution is 5.91. The summed E-state index contributed by atoms with van der Waals surface area (Å²) < 4.78 is 5.28. The molecule has 19 heavy (non-hydrogen) atoms. The minimum atomic E-state index is 0.623. The van der Waals surface area contributed by atoms with Gasteiger partial charge in [0.1, 0.15) is 5.76 Å². The molecular weight excluding hydrogens is 238 g/mol. The standard InChI is InChI=1S/C15H17N3O/c1-9-14(10(2)19-18-9)15-12(7-8-16)11-5-3-4-6-13(11)17-15/h3-6,17H,7-8,16H2,1-2H3. The van der Waals surface area contributed by atoms with Gasteiger partial charge in [-0.25, -0.2) is 0 Å². The largest absolute Gasteiger partial charge is 0.361 e. The van der Waals surface area contributed by atoms with Crippen LogP contribution in [0.3, 0.4) is 0 Å². The van der Waals surface area contributed by atoms with Crippen molar-refractivity contribution in [3.05, 3.63) is 41.3 Å². The number of aromatic nitrogens is 2. The van der Waals surface area contributed by atoms with Crippen LogP contribution in [0.2, 0.25) is 0 Å². The lowest BCUT2D eigenvalue weighted by Crippen LogP contribution is -2.03. The van der Waals surface area contributed by atoms with Gasteiger partial charge in [0, 0.05) is 10.9 Å². The van der Waals surface area contributed by atoms with Crippen LogP contribution in [0.25, 0.3) is 22.2 Å². The van der Waals surface area contributed by atoms with E-state index in [1.807, 2.05) is 26.0 Å². The zero-order valence-electron chi connectivity index (χ0n) is 11.2. The number of nitrogens with one attached hydrogen (secondary N) is 1. The van der Waals surface area contributed by atoms with E-state index in [-0.39, 0.29) is 0 Å². The highest BCUT2D eigenvalue weighted by Crippen LogP contribution is 2.34. The van der Waals surface area contributed by atoms with E-state index >= 15 is 0 Å². The molecule has 0 saturated carbocycles. The molecule has 0 radical (unpaired) electrons. The van der Waals surface area contributed by atoms with Crippen molar-refractivity contribution < 1.29 is 4.52 Å². The summed E-state index contributed by atoms with van der Waals surface area (Å²) >= 11 is 0. The number of H-pyrrole nitrogens is 1. The fourth-order valence-corrected chi connectivity index (χ4v) is 2.66. The SMILES string of the molecule is Cc1noc(C)c1-c1[nH]c2ccccc2c1CCN. The molecule has 0 aliphatic carbocycles. The van der Waals surface area contributed by atoms with E-state index in [1.165, 1.54) is 10.9 Å². The highest BCUT2D eigenvalue weighted by atomic mass is 16.5. The molecule has 0 atom stereocenters. The molecule has 3 aromatic rings. The first-order chi connectivity index (χ1) is 9.22. The molecule has 0 unspecified atom stereocenters. The van der Waals surface area contributed by atoms with Crippen molar-refractivity contribution in [2.75, 3.05) is 6.54 Å². The van der Waals surface area contributed by atoms with E-state index in [4.69, 9.17) is 10.3 Å². The predicted molar refractivity (Wildman–Crippen MR) is 76.0 cm³/mol. The van der Waals surface area contributed by atoms with Crippen molar-refractivity contribution >= 4 is 10.9 Å². The fourth-order valence-electron chi connectivity index (χ4n) is 2.66. The first kappa shape index (κ1) is 12.0. The number of aromatic amines is 1. The van der Waals surface area contributed by atoms with Crippen LogP contribution < -0.4 is 5.73 Å². The predicted octanol–water partition coefficient (Wildman–Crippen LogP) is 2.94. The summed E-state index contributed by atoms with van der Waals surface area (Å²) in [4.78, 5) is 3.48. The van der Waals surface area contributed by atoms with Gasteiger partial charge in [-0.3, -0.25) is 0 Å². The number of hydrogen-bond acceptors (Lipinski definition) is 3. The molecule has 0 aliphatic heterocycles. The maximum absolute atomic E-state index is 5.76. The van der Waals surface area contributed by atoms with E-state index in [9.17, 15) is 0 Å². The fraction of sp³-hybridized carbons (Fsp3) is 0.267. The number of rotatable bonds is 3. The minimum absolute atomic E-state index is 0.623. The van der Waals surface area contributed by atoms with Gasteiger partial charge in [0.05, 0.1) is 17.0 Å². The van der Waals surface area contributed by atoms with Gasteiger partial charge in [-0.15, -0.1) is 0 Å². The van der Waals surface area contributed by atoms with Crippen molar-refractivity contribution in [1.29, 1.82) is 0 Å². The third-order valence-electron chi connectivity index (χ3n) is 3.49. The average molecular weight is 255 g/mol. The van der Waals surface area contributed by atoms with Crippen LogP contribution in [-0.4, -0.2) is 16.7 Å². The lowest BCUT2D eigenvalue weighted by Gasteiger charge is -2.03. The Balaban J connectivity index is 2.31. The summed E-state index contributed by atoms with van der Waals surface area (Å²) in [7, 11) is 0. The van der Waals surface area contributed by atoms with Gasteiger partial charge >= 0.3 is 0 Å². The van der Waals surface area contributed by atoms with Crippen molar-refractivity contribution in [3.63, 3.8) is 0 Å². The molecule has 4 heteroatoms. The molecule has 4 nitrogen and oxygen atoms in total.